The van der Waals surface area contributed by atoms with Gasteiger partial charge in [-0.3, -0.25) is 9.59 Å². The highest BCUT2D eigenvalue weighted by molar-refractivity contribution is 9.10. The summed E-state index contributed by atoms with van der Waals surface area (Å²) in [4.78, 5) is 26.4. The zero-order valence-corrected chi connectivity index (χ0v) is 21.5. The molecule has 0 aliphatic carbocycles. The number of hydrogen-bond acceptors (Lipinski definition) is 5. The highest BCUT2D eigenvalue weighted by atomic mass is 79.9. The summed E-state index contributed by atoms with van der Waals surface area (Å²) < 4.78 is 17.6. The van der Waals surface area contributed by atoms with Crippen molar-refractivity contribution in [3.8, 4) is 11.5 Å². The van der Waals surface area contributed by atoms with E-state index in [1.165, 1.54) is 5.56 Å². The Morgan fingerprint density at radius 1 is 0.971 bits per heavy atom. The summed E-state index contributed by atoms with van der Waals surface area (Å²) in [6.45, 7) is 5.89. The van der Waals surface area contributed by atoms with Crippen LogP contribution in [-0.2, 0) is 4.79 Å². The second kappa shape index (κ2) is 10.4. The first kappa shape index (κ1) is 24.5. The summed E-state index contributed by atoms with van der Waals surface area (Å²) in [6.07, 6.45) is -0.799. The highest BCUT2D eigenvalue weighted by Gasteiger charge is 2.26. The molecule has 6 nitrogen and oxygen atoms in total. The summed E-state index contributed by atoms with van der Waals surface area (Å²) in [7, 11) is 1.55. The quantitative estimate of drug-likeness (QED) is 0.246. The molecule has 1 aromatic heterocycles. The van der Waals surface area contributed by atoms with Crippen LogP contribution >= 0.6 is 15.9 Å². The van der Waals surface area contributed by atoms with E-state index < -0.39 is 12.0 Å². The van der Waals surface area contributed by atoms with Crippen LogP contribution in [0.2, 0.25) is 0 Å². The van der Waals surface area contributed by atoms with Gasteiger partial charge in [-0.15, -0.1) is 0 Å². The number of furan rings is 1. The molecule has 0 aliphatic rings. The molecule has 7 heteroatoms. The fourth-order valence-corrected chi connectivity index (χ4v) is 4.22. The number of amides is 1. The third-order valence-electron chi connectivity index (χ3n) is 5.69. The molecular weight excluding hydrogens is 510 g/mol. The fraction of sp³-hybridized carbons (Fsp3) is 0.214. The van der Waals surface area contributed by atoms with Crippen molar-refractivity contribution < 1.29 is 23.5 Å². The molecule has 0 radical (unpaired) electrons. The van der Waals surface area contributed by atoms with E-state index in [0.29, 0.717) is 44.1 Å². The van der Waals surface area contributed by atoms with Crippen LogP contribution in [0.1, 0.15) is 48.4 Å². The van der Waals surface area contributed by atoms with Gasteiger partial charge in [0.05, 0.1) is 17.3 Å². The van der Waals surface area contributed by atoms with Crippen LogP contribution in [0.5, 0.6) is 11.5 Å². The van der Waals surface area contributed by atoms with Gasteiger partial charge in [-0.2, -0.15) is 0 Å². The molecule has 0 aliphatic heterocycles. The average molecular weight is 536 g/mol. The number of fused-ring (bicyclic) bond motifs is 1. The van der Waals surface area contributed by atoms with Crippen LogP contribution < -0.4 is 14.8 Å². The van der Waals surface area contributed by atoms with Crippen molar-refractivity contribution in [2.24, 2.45) is 0 Å². The standard InChI is InChI=1S/C28H26BrNO5/c1-16(2)18-9-12-20(13-10-18)34-17(3)28(32)30-25-21-7-5-6-8-23(21)35-27(25)26(31)19-11-14-24(33-4)22(29)15-19/h5-17H,1-4H3,(H,30,32). The van der Waals surface area contributed by atoms with E-state index >= 15 is 0 Å². The lowest BCUT2D eigenvalue weighted by Crippen LogP contribution is -2.30. The van der Waals surface area contributed by atoms with E-state index in [0.717, 1.165) is 0 Å². The van der Waals surface area contributed by atoms with E-state index in [-0.39, 0.29) is 11.5 Å². The van der Waals surface area contributed by atoms with Gasteiger partial charge in [-0.25, -0.2) is 0 Å². The van der Waals surface area contributed by atoms with E-state index in [1.807, 2.05) is 36.4 Å². The maximum Gasteiger partial charge on any atom is 0.265 e. The molecule has 0 bridgehead atoms. The molecule has 3 aromatic carbocycles. The lowest BCUT2D eigenvalue weighted by atomic mass is 10.0. The van der Waals surface area contributed by atoms with Gasteiger partial charge in [-0.1, -0.05) is 38.1 Å². The number of hydrogen-bond donors (Lipinski definition) is 1. The Kier molecular flexibility index (Phi) is 7.26. The minimum atomic E-state index is -0.799. The molecule has 0 saturated carbocycles. The summed E-state index contributed by atoms with van der Waals surface area (Å²) in [5.74, 6) is 0.888. The summed E-state index contributed by atoms with van der Waals surface area (Å²) >= 11 is 3.41. The summed E-state index contributed by atoms with van der Waals surface area (Å²) in [5.41, 5.74) is 2.39. The predicted molar refractivity (Wildman–Crippen MR) is 140 cm³/mol. The van der Waals surface area contributed by atoms with E-state index in [1.54, 1.807) is 44.4 Å². The predicted octanol–water partition coefficient (Wildman–Crippen LogP) is 6.96. The maximum absolute atomic E-state index is 13.4. The Morgan fingerprint density at radius 2 is 1.69 bits per heavy atom. The number of rotatable bonds is 8. The molecule has 1 heterocycles. The Bertz CT molecular complexity index is 1370. The molecule has 180 valence electrons. The molecule has 4 rings (SSSR count). The van der Waals surface area contributed by atoms with Crippen molar-refractivity contribution in [2.45, 2.75) is 32.8 Å². The van der Waals surface area contributed by atoms with Gasteiger partial charge in [0.15, 0.2) is 11.9 Å². The first-order chi connectivity index (χ1) is 16.8. The molecule has 4 aromatic rings. The van der Waals surface area contributed by atoms with Crippen molar-refractivity contribution in [1.29, 1.82) is 0 Å². The topological polar surface area (TPSA) is 77.8 Å². The van der Waals surface area contributed by atoms with Crippen molar-refractivity contribution in [2.75, 3.05) is 12.4 Å². The van der Waals surface area contributed by atoms with Crippen molar-refractivity contribution >= 4 is 44.3 Å². The smallest absolute Gasteiger partial charge is 0.265 e. The number of carbonyl (C=O) groups is 2. The Morgan fingerprint density at radius 3 is 2.34 bits per heavy atom. The number of benzene rings is 3. The molecule has 35 heavy (non-hydrogen) atoms. The number of ether oxygens (including phenoxy) is 2. The Labute approximate surface area is 212 Å². The molecule has 0 spiro atoms. The highest BCUT2D eigenvalue weighted by Crippen LogP contribution is 2.34. The van der Waals surface area contributed by atoms with Gasteiger partial charge in [0.2, 0.25) is 5.78 Å². The van der Waals surface area contributed by atoms with Gasteiger partial charge in [0.1, 0.15) is 17.1 Å². The van der Waals surface area contributed by atoms with Crippen molar-refractivity contribution in [1.82, 2.24) is 0 Å². The zero-order chi connectivity index (χ0) is 25.1. The van der Waals surface area contributed by atoms with Crippen LogP contribution in [-0.4, -0.2) is 24.9 Å². The molecular formula is C28H26BrNO5. The lowest BCUT2D eigenvalue weighted by molar-refractivity contribution is -0.122. The number of methoxy groups -OCH3 is 1. The van der Waals surface area contributed by atoms with E-state index in [2.05, 4.69) is 35.1 Å². The monoisotopic (exact) mass is 535 g/mol. The van der Waals surface area contributed by atoms with Crippen LogP contribution in [0.15, 0.2) is 75.6 Å². The van der Waals surface area contributed by atoms with Gasteiger partial charge in [-0.05, 0) is 76.8 Å². The Balaban J connectivity index is 1.61. The van der Waals surface area contributed by atoms with Gasteiger partial charge in [0, 0.05) is 10.9 Å². The average Bonchev–Trinajstić information content (AvgIpc) is 3.22. The third-order valence-corrected chi connectivity index (χ3v) is 6.31. The number of ketones is 1. The molecule has 1 atom stereocenters. The maximum atomic E-state index is 13.4. The summed E-state index contributed by atoms with van der Waals surface area (Å²) in [5, 5.41) is 3.49. The first-order valence-electron chi connectivity index (χ1n) is 11.3. The number of nitrogens with one attached hydrogen (secondary N) is 1. The second-order valence-electron chi connectivity index (χ2n) is 8.45. The molecule has 0 fully saturated rings. The molecule has 1 unspecified atom stereocenters. The van der Waals surface area contributed by atoms with Crippen LogP contribution in [0.25, 0.3) is 11.0 Å². The van der Waals surface area contributed by atoms with Gasteiger partial charge < -0.3 is 19.2 Å². The SMILES string of the molecule is COc1ccc(C(=O)c2oc3ccccc3c2NC(=O)C(C)Oc2ccc(C(C)C)cc2)cc1Br. The largest absolute Gasteiger partial charge is 0.496 e. The number of anilines is 1. The van der Waals surface area contributed by atoms with E-state index in [4.69, 9.17) is 13.9 Å². The second-order valence-corrected chi connectivity index (χ2v) is 9.31. The normalized spacial score (nSPS) is 11.9. The van der Waals surface area contributed by atoms with Gasteiger partial charge >= 0.3 is 0 Å². The lowest BCUT2D eigenvalue weighted by Gasteiger charge is -2.15. The zero-order valence-electron chi connectivity index (χ0n) is 19.9. The number of carbonyl (C=O) groups excluding carboxylic acids is 2. The minimum Gasteiger partial charge on any atom is -0.496 e. The van der Waals surface area contributed by atoms with Crippen LogP contribution in [0.4, 0.5) is 5.69 Å². The van der Waals surface area contributed by atoms with Crippen LogP contribution in [0.3, 0.4) is 0 Å². The first-order valence-corrected chi connectivity index (χ1v) is 12.0. The van der Waals surface area contributed by atoms with Crippen molar-refractivity contribution in [3.63, 3.8) is 0 Å². The molecule has 1 N–H and O–H groups in total. The third kappa shape index (κ3) is 5.25. The summed E-state index contributed by atoms with van der Waals surface area (Å²) in [6, 6.07) is 19.8. The molecule has 0 saturated heterocycles. The number of para-hydroxylation sites is 1. The minimum absolute atomic E-state index is 0.0464. The van der Waals surface area contributed by atoms with Crippen molar-refractivity contribution in [3.05, 3.63) is 88.1 Å². The van der Waals surface area contributed by atoms with E-state index in [9.17, 15) is 9.59 Å². The van der Waals surface area contributed by atoms with Crippen LogP contribution in [0, 0.1) is 0 Å². The van der Waals surface area contributed by atoms with Gasteiger partial charge in [0.25, 0.3) is 5.91 Å². The molecule has 1 amide bonds. The number of halogens is 1. The fourth-order valence-electron chi connectivity index (χ4n) is 3.68. The Hall–Kier alpha value is -3.58.